The van der Waals surface area contributed by atoms with Gasteiger partial charge in [0.05, 0.1) is 11.6 Å². The number of aliphatic hydroxyl groups excluding tert-OH is 1. The monoisotopic (exact) mass is 268 g/mol. The Morgan fingerprint density at radius 3 is 2.44 bits per heavy atom. The standard InChI is InChI=1S/C9H20N2O3S2/c1-3-4-5-11(6-7-12)16(13,14)8(2)9(10)15/h8,12H,3-7H2,1-2H3,(H2,10,15). The average molecular weight is 268 g/mol. The molecule has 0 aliphatic heterocycles. The first kappa shape index (κ1) is 15.8. The van der Waals surface area contributed by atoms with Crippen molar-refractivity contribution in [3.05, 3.63) is 0 Å². The van der Waals surface area contributed by atoms with Crippen molar-refractivity contribution in [2.24, 2.45) is 5.73 Å². The summed E-state index contributed by atoms with van der Waals surface area (Å²) in [6.07, 6.45) is 1.64. The topological polar surface area (TPSA) is 83.6 Å². The van der Waals surface area contributed by atoms with Gasteiger partial charge in [0.1, 0.15) is 5.25 Å². The molecule has 0 amide bonds. The van der Waals surface area contributed by atoms with E-state index in [1.165, 1.54) is 11.2 Å². The highest BCUT2D eigenvalue weighted by atomic mass is 32.2. The van der Waals surface area contributed by atoms with Crippen LogP contribution in [0.3, 0.4) is 0 Å². The van der Waals surface area contributed by atoms with Gasteiger partial charge in [-0.3, -0.25) is 0 Å². The molecule has 0 aromatic heterocycles. The molecule has 0 spiro atoms. The zero-order valence-corrected chi connectivity index (χ0v) is 11.4. The van der Waals surface area contributed by atoms with Crippen LogP contribution in [0.2, 0.25) is 0 Å². The van der Waals surface area contributed by atoms with Crippen LogP contribution in [0.4, 0.5) is 0 Å². The molecular weight excluding hydrogens is 248 g/mol. The number of sulfonamides is 1. The van der Waals surface area contributed by atoms with Crippen LogP contribution in [-0.2, 0) is 10.0 Å². The Morgan fingerprint density at radius 2 is 2.06 bits per heavy atom. The second-order valence-electron chi connectivity index (χ2n) is 3.57. The molecule has 5 nitrogen and oxygen atoms in total. The van der Waals surface area contributed by atoms with Crippen LogP contribution in [0.25, 0.3) is 0 Å². The third kappa shape index (κ3) is 4.32. The van der Waals surface area contributed by atoms with Crippen molar-refractivity contribution >= 4 is 27.2 Å². The molecule has 0 aliphatic carbocycles. The number of thiocarbonyl (C=S) groups is 1. The molecule has 0 aromatic rings. The quantitative estimate of drug-likeness (QED) is 0.609. The van der Waals surface area contributed by atoms with Crippen LogP contribution in [0.1, 0.15) is 26.7 Å². The summed E-state index contributed by atoms with van der Waals surface area (Å²) >= 11 is 4.69. The maximum Gasteiger partial charge on any atom is 0.223 e. The second kappa shape index (κ2) is 7.16. The number of unbranched alkanes of at least 4 members (excludes halogenated alkanes) is 1. The number of rotatable bonds is 8. The van der Waals surface area contributed by atoms with Gasteiger partial charge in [0.25, 0.3) is 0 Å². The van der Waals surface area contributed by atoms with Gasteiger partial charge in [-0.25, -0.2) is 8.42 Å². The Labute approximate surface area is 103 Å². The number of nitrogens with two attached hydrogens (primary N) is 1. The molecule has 0 rings (SSSR count). The zero-order valence-electron chi connectivity index (χ0n) is 9.72. The van der Waals surface area contributed by atoms with Gasteiger partial charge >= 0.3 is 0 Å². The van der Waals surface area contributed by atoms with Crippen LogP contribution < -0.4 is 5.73 Å². The van der Waals surface area contributed by atoms with Crippen molar-refractivity contribution in [2.45, 2.75) is 31.9 Å². The molecule has 7 heteroatoms. The number of nitrogens with zero attached hydrogens (tertiary/aromatic N) is 1. The fourth-order valence-electron chi connectivity index (χ4n) is 1.18. The largest absolute Gasteiger partial charge is 0.395 e. The zero-order chi connectivity index (χ0) is 12.8. The number of aliphatic hydroxyl groups is 1. The van der Waals surface area contributed by atoms with E-state index >= 15 is 0 Å². The molecule has 0 fully saturated rings. The van der Waals surface area contributed by atoms with Gasteiger partial charge in [0.15, 0.2) is 0 Å². The summed E-state index contributed by atoms with van der Waals surface area (Å²) in [6, 6.07) is 0. The van der Waals surface area contributed by atoms with Gasteiger partial charge in [-0.05, 0) is 13.3 Å². The third-order valence-electron chi connectivity index (χ3n) is 2.32. The molecule has 3 N–H and O–H groups in total. The summed E-state index contributed by atoms with van der Waals surface area (Å²) in [5.74, 6) is 0. The Balaban J connectivity index is 4.81. The third-order valence-corrected chi connectivity index (χ3v) is 5.05. The minimum Gasteiger partial charge on any atom is -0.395 e. The molecule has 96 valence electrons. The van der Waals surface area contributed by atoms with Crippen LogP contribution in [0.15, 0.2) is 0 Å². The molecule has 0 radical (unpaired) electrons. The SMILES string of the molecule is CCCCN(CCO)S(=O)(=O)C(C)C(N)=S. The molecule has 16 heavy (non-hydrogen) atoms. The molecule has 0 aromatic carbocycles. The lowest BCUT2D eigenvalue weighted by atomic mass is 10.3. The molecule has 0 saturated heterocycles. The van der Waals surface area contributed by atoms with Gasteiger partial charge in [-0.15, -0.1) is 0 Å². The molecular formula is C9H20N2O3S2. The number of hydrogen-bond donors (Lipinski definition) is 2. The minimum absolute atomic E-state index is 0.0422. The van der Waals surface area contributed by atoms with Crippen molar-refractivity contribution in [1.82, 2.24) is 4.31 Å². The molecule has 0 bridgehead atoms. The van der Waals surface area contributed by atoms with Crippen LogP contribution in [0.5, 0.6) is 0 Å². The van der Waals surface area contributed by atoms with E-state index in [0.29, 0.717) is 6.54 Å². The van der Waals surface area contributed by atoms with E-state index in [1.807, 2.05) is 6.92 Å². The van der Waals surface area contributed by atoms with Crippen molar-refractivity contribution in [1.29, 1.82) is 0 Å². The van der Waals surface area contributed by atoms with Crippen LogP contribution in [0, 0.1) is 0 Å². The predicted molar refractivity (Wildman–Crippen MR) is 68.7 cm³/mol. The normalized spacial score (nSPS) is 14.0. The van der Waals surface area contributed by atoms with E-state index in [-0.39, 0.29) is 18.1 Å². The lowest BCUT2D eigenvalue weighted by Crippen LogP contribution is -2.44. The Hall–Kier alpha value is -0.240. The lowest BCUT2D eigenvalue weighted by molar-refractivity contribution is 0.252. The molecule has 0 saturated carbocycles. The minimum atomic E-state index is -3.53. The van der Waals surface area contributed by atoms with Crippen molar-refractivity contribution < 1.29 is 13.5 Å². The predicted octanol–water partition coefficient (Wildman–Crippen LogP) is 0.0852. The molecule has 1 atom stereocenters. The smallest absolute Gasteiger partial charge is 0.223 e. The molecule has 1 unspecified atom stereocenters. The van der Waals surface area contributed by atoms with Crippen molar-refractivity contribution in [2.75, 3.05) is 19.7 Å². The summed E-state index contributed by atoms with van der Waals surface area (Å²) in [4.78, 5) is -0.0422. The Kier molecular flexibility index (Phi) is 7.05. The summed E-state index contributed by atoms with van der Waals surface area (Å²) in [6.45, 7) is 3.73. The van der Waals surface area contributed by atoms with E-state index in [2.05, 4.69) is 0 Å². The maximum atomic E-state index is 12.0. The van der Waals surface area contributed by atoms with Gasteiger partial charge in [0, 0.05) is 13.1 Å². The van der Waals surface area contributed by atoms with Crippen molar-refractivity contribution in [3.63, 3.8) is 0 Å². The highest BCUT2D eigenvalue weighted by Crippen LogP contribution is 2.10. The first-order valence-corrected chi connectivity index (χ1v) is 7.18. The van der Waals surface area contributed by atoms with Crippen LogP contribution in [-0.4, -0.2) is 47.8 Å². The van der Waals surface area contributed by atoms with Gasteiger partial charge in [0.2, 0.25) is 10.0 Å². The van der Waals surface area contributed by atoms with E-state index in [0.717, 1.165) is 12.8 Å². The fourth-order valence-corrected chi connectivity index (χ4v) is 3.01. The van der Waals surface area contributed by atoms with Crippen LogP contribution >= 0.6 is 12.2 Å². The lowest BCUT2D eigenvalue weighted by Gasteiger charge is -2.24. The summed E-state index contributed by atoms with van der Waals surface area (Å²) < 4.78 is 25.3. The highest BCUT2D eigenvalue weighted by Gasteiger charge is 2.29. The average Bonchev–Trinajstić information content (AvgIpc) is 2.22. The summed E-state index contributed by atoms with van der Waals surface area (Å²) in [5, 5.41) is 7.97. The van der Waals surface area contributed by atoms with Gasteiger partial charge in [-0.1, -0.05) is 25.6 Å². The Bertz CT molecular complexity index is 317. The second-order valence-corrected chi connectivity index (χ2v) is 6.29. The maximum absolute atomic E-state index is 12.0. The van der Waals surface area contributed by atoms with E-state index in [1.54, 1.807) is 0 Å². The van der Waals surface area contributed by atoms with Gasteiger partial charge < -0.3 is 10.8 Å². The fraction of sp³-hybridized carbons (Fsp3) is 0.889. The number of hydrogen-bond acceptors (Lipinski definition) is 4. The molecule has 0 heterocycles. The van der Waals surface area contributed by atoms with Crippen molar-refractivity contribution in [3.8, 4) is 0 Å². The van der Waals surface area contributed by atoms with E-state index < -0.39 is 15.3 Å². The van der Waals surface area contributed by atoms with Gasteiger partial charge in [-0.2, -0.15) is 4.31 Å². The Morgan fingerprint density at radius 1 is 1.50 bits per heavy atom. The summed E-state index contributed by atoms with van der Waals surface area (Å²) in [7, 11) is -3.53. The first-order valence-electron chi connectivity index (χ1n) is 5.27. The van der Waals surface area contributed by atoms with E-state index in [4.69, 9.17) is 23.1 Å². The first-order chi connectivity index (χ1) is 7.37. The molecule has 0 aliphatic rings. The highest BCUT2D eigenvalue weighted by molar-refractivity contribution is 7.92. The van der Waals surface area contributed by atoms with E-state index in [9.17, 15) is 8.42 Å². The summed E-state index contributed by atoms with van der Waals surface area (Å²) in [5.41, 5.74) is 5.35.